The predicted octanol–water partition coefficient (Wildman–Crippen LogP) is 0.869. The fourth-order valence-corrected chi connectivity index (χ4v) is 2.17. The molecule has 0 spiro atoms. The smallest absolute Gasteiger partial charge is 0.224 e. The maximum Gasteiger partial charge on any atom is 0.224 e. The zero-order valence-corrected chi connectivity index (χ0v) is 9.98. The molecule has 0 atom stereocenters. The second kappa shape index (κ2) is 5.27. The number of rotatable bonds is 5. The number of nitrogens with two attached hydrogens (primary N) is 1. The van der Waals surface area contributed by atoms with E-state index in [1.807, 2.05) is 12.1 Å². The van der Waals surface area contributed by atoms with E-state index in [1.165, 1.54) is 6.42 Å². The topological polar surface area (TPSA) is 68.0 Å². The van der Waals surface area contributed by atoms with Gasteiger partial charge in [0.1, 0.15) is 0 Å². The molecular formula is C13H19N3O. The Bertz CT molecular complexity index is 368. The predicted molar refractivity (Wildman–Crippen MR) is 66.3 cm³/mol. The summed E-state index contributed by atoms with van der Waals surface area (Å²) in [4.78, 5) is 15.7. The minimum atomic E-state index is 0.0534. The molecule has 4 nitrogen and oxygen atoms in total. The number of carbonyl (C=O) groups is 1. The molecule has 1 saturated carbocycles. The second-order valence-corrected chi connectivity index (χ2v) is 4.87. The van der Waals surface area contributed by atoms with Crippen LogP contribution in [-0.4, -0.2) is 24.0 Å². The first-order valence-electron chi connectivity index (χ1n) is 6.10. The number of pyridine rings is 1. The first-order chi connectivity index (χ1) is 8.24. The van der Waals surface area contributed by atoms with Gasteiger partial charge in [0.2, 0.25) is 5.91 Å². The minimum Gasteiger partial charge on any atom is -0.355 e. The lowest BCUT2D eigenvalue weighted by atomic mass is 9.69. The summed E-state index contributed by atoms with van der Waals surface area (Å²) < 4.78 is 0. The molecule has 1 heterocycles. The first kappa shape index (κ1) is 12.0. The van der Waals surface area contributed by atoms with Gasteiger partial charge in [0.15, 0.2) is 0 Å². The molecule has 1 aromatic heterocycles. The average molecular weight is 233 g/mol. The molecule has 92 valence electrons. The molecule has 2 rings (SSSR count). The zero-order chi connectivity index (χ0) is 12.1. The monoisotopic (exact) mass is 233 g/mol. The SMILES string of the molecule is NCC1(CNC(=O)Cc2cccnc2)CCC1. The Kier molecular flexibility index (Phi) is 3.74. The van der Waals surface area contributed by atoms with Gasteiger partial charge in [-0.3, -0.25) is 9.78 Å². The minimum absolute atomic E-state index is 0.0534. The van der Waals surface area contributed by atoms with Crippen LogP contribution in [0.2, 0.25) is 0 Å². The van der Waals surface area contributed by atoms with Crippen molar-refractivity contribution in [3.63, 3.8) is 0 Å². The molecule has 3 N–H and O–H groups in total. The van der Waals surface area contributed by atoms with E-state index in [-0.39, 0.29) is 11.3 Å². The molecule has 1 fully saturated rings. The van der Waals surface area contributed by atoms with E-state index < -0.39 is 0 Å². The van der Waals surface area contributed by atoms with Crippen LogP contribution in [0, 0.1) is 5.41 Å². The molecule has 1 aliphatic rings. The molecule has 4 heteroatoms. The van der Waals surface area contributed by atoms with Crippen LogP contribution in [0.5, 0.6) is 0 Å². The van der Waals surface area contributed by atoms with Crippen molar-refractivity contribution in [2.24, 2.45) is 11.1 Å². The number of nitrogens with zero attached hydrogens (tertiary/aromatic N) is 1. The number of hydrogen-bond donors (Lipinski definition) is 2. The molecule has 0 bridgehead atoms. The van der Waals surface area contributed by atoms with Crippen molar-refractivity contribution in [2.45, 2.75) is 25.7 Å². The van der Waals surface area contributed by atoms with Gasteiger partial charge in [-0.05, 0) is 36.4 Å². The summed E-state index contributed by atoms with van der Waals surface area (Å²) in [5.41, 5.74) is 6.86. The Morgan fingerprint density at radius 3 is 2.88 bits per heavy atom. The largest absolute Gasteiger partial charge is 0.355 e. The number of amides is 1. The maximum absolute atomic E-state index is 11.7. The molecule has 17 heavy (non-hydrogen) atoms. The summed E-state index contributed by atoms with van der Waals surface area (Å²) in [5.74, 6) is 0.0534. The molecule has 0 saturated heterocycles. The number of carbonyl (C=O) groups excluding carboxylic acids is 1. The maximum atomic E-state index is 11.7. The van der Waals surface area contributed by atoms with E-state index in [0.29, 0.717) is 19.5 Å². The van der Waals surface area contributed by atoms with Crippen LogP contribution in [-0.2, 0) is 11.2 Å². The highest BCUT2D eigenvalue weighted by atomic mass is 16.1. The van der Waals surface area contributed by atoms with Crippen LogP contribution < -0.4 is 11.1 Å². The standard InChI is InChI=1S/C13H19N3O/c14-9-13(4-2-5-13)10-16-12(17)7-11-3-1-6-15-8-11/h1,3,6,8H,2,4-5,7,9-10,14H2,(H,16,17). The Hall–Kier alpha value is -1.42. The summed E-state index contributed by atoms with van der Waals surface area (Å²) in [6.45, 7) is 1.38. The van der Waals surface area contributed by atoms with Crippen molar-refractivity contribution in [3.05, 3.63) is 30.1 Å². The fraction of sp³-hybridized carbons (Fsp3) is 0.538. The van der Waals surface area contributed by atoms with Crippen molar-refractivity contribution in [1.82, 2.24) is 10.3 Å². The fourth-order valence-electron chi connectivity index (χ4n) is 2.17. The molecule has 1 aliphatic carbocycles. The Morgan fingerprint density at radius 1 is 1.53 bits per heavy atom. The van der Waals surface area contributed by atoms with Gasteiger partial charge in [0, 0.05) is 18.9 Å². The summed E-state index contributed by atoms with van der Waals surface area (Å²) >= 11 is 0. The lowest BCUT2D eigenvalue weighted by Crippen LogP contribution is -2.47. The van der Waals surface area contributed by atoms with Gasteiger partial charge in [0.05, 0.1) is 6.42 Å². The van der Waals surface area contributed by atoms with Gasteiger partial charge in [-0.2, -0.15) is 0 Å². The summed E-state index contributed by atoms with van der Waals surface area (Å²) in [6.07, 6.45) is 7.33. The summed E-state index contributed by atoms with van der Waals surface area (Å²) in [6, 6.07) is 3.75. The lowest BCUT2D eigenvalue weighted by molar-refractivity contribution is -0.121. The van der Waals surface area contributed by atoms with Crippen LogP contribution in [0.1, 0.15) is 24.8 Å². The number of aromatic nitrogens is 1. The third-order valence-corrected chi connectivity index (χ3v) is 3.60. The van der Waals surface area contributed by atoms with E-state index in [2.05, 4.69) is 10.3 Å². The third kappa shape index (κ3) is 3.03. The first-order valence-corrected chi connectivity index (χ1v) is 6.10. The quantitative estimate of drug-likeness (QED) is 0.793. The van der Waals surface area contributed by atoms with E-state index in [4.69, 9.17) is 5.73 Å². The highest BCUT2D eigenvalue weighted by molar-refractivity contribution is 5.78. The van der Waals surface area contributed by atoms with Crippen molar-refractivity contribution in [3.8, 4) is 0 Å². The van der Waals surface area contributed by atoms with Crippen LogP contribution in [0.25, 0.3) is 0 Å². The van der Waals surface area contributed by atoms with E-state index in [0.717, 1.165) is 18.4 Å². The molecule has 0 unspecified atom stereocenters. The number of hydrogen-bond acceptors (Lipinski definition) is 3. The molecule has 0 aliphatic heterocycles. The van der Waals surface area contributed by atoms with Crippen molar-refractivity contribution >= 4 is 5.91 Å². The molecule has 0 aromatic carbocycles. The van der Waals surface area contributed by atoms with Crippen LogP contribution >= 0.6 is 0 Å². The third-order valence-electron chi connectivity index (χ3n) is 3.60. The highest BCUT2D eigenvalue weighted by Gasteiger charge is 2.35. The molecule has 0 radical (unpaired) electrons. The Balaban J connectivity index is 1.78. The second-order valence-electron chi connectivity index (χ2n) is 4.87. The van der Waals surface area contributed by atoms with Gasteiger partial charge in [-0.1, -0.05) is 12.5 Å². The van der Waals surface area contributed by atoms with Gasteiger partial charge in [0.25, 0.3) is 0 Å². The van der Waals surface area contributed by atoms with Crippen LogP contribution in [0.3, 0.4) is 0 Å². The van der Waals surface area contributed by atoms with Gasteiger partial charge in [-0.25, -0.2) is 0 Å². The van der Waals surface area contributed by atoms with Gasteiger partial charge >= 0.3 is 0 Å². The molecular weight excluding hydrogens is 214 g/mol. The summed E-state index contributed by atoms with van der Waals surface area (Å²) in [7, 11) is 0. The van der Waals surface area contributed by atoms with E-state index in [9.17, 15) is 4.79 Å². The molecule has 1 aromatic rings. The lowest BCUT2D eigenvalue weighted by Gasteiger charge is -2.41. The summed E-state index contributed by atoms with van der Waals surface area (Å²) in [5, 5.41) is 2.98. The number of nitrogens with one attached hydrogen (secondary N) is 1. The van der Waals surface area contributed by atoms with Crippen molar-refractivity contribution in [1.29, 1.82) is 0 Å². The highest BCUT2D eigenvalue weighted by Crippen LogP contribution is 2.39. The van der Waals surface area contributed by atoms with Crippen LogP contribution in [0.15, 0.2) is 24.5 Å². The van der Waals surface area contributed by atoms with E-state index in [1.54, 1.807) is 12.4 Å². The van der Waals surface area contributed by atoms with Crippen LogP contribution in [0.4, 0.5) is 0 Å². The average Bonchev–Trinajstić information content (AvgIpc) is 2.29. The van der Waals surface area contributed by atoms with Crippen molar-refractivity contribution < 1.29 is 4.79 Å². The molecule has 1 amide bonds. The van der Waals surface area contributed by atoms with E-state index >= 15 is 0 Å². The Morgan fingerprint density at radius 2 is 2.35 bits per heavy atom. The van der Waals surface area contributed by atoms with Gasteiger partial charge < -0.3 is 11.1 Å². The zero-order valence-electron chi connectivity index (χ0n) is 9.98. The van der Waals surface area contributed by atoms with Gasteiger partial charge in [-0.15, -0.1) is 0 Å². The normalized spacial score (nSPS) is 17.2. The Labute approximate surface area is 102 Å². The van der Waals surface area contributed by atoms with Crippen molar-refractivity contribution in [2.75, 3.05) is 13.1 Å².